The molecule has 0 fully saturated rings. The number of rotatable bonds is 5. The first-order valence-electron chi connectivity index (χ1n) is 8.14. The average Bonchev–Trinajstić information content (AvgIpc) is 2.71. The maximum absolute atomic E-state index is 12.7. The molecule has 0 aliphatic rings. The Morgan fingerprint density at radius 1 is 1.08 bits per heavy atom. The second kappa shape index (κ2) is 6.69. The lowest BCUT2D eigenvalue weighted by Gasteiger charge is -2.17. The molecular weight excluding hydrogens is 322 g/mol. The average molecular weight is 350 g/mol. The highest BCUT2D eigenvalue weighted by Gasteiger charge is 2.21. The summed E-state index contributed by atoms with van der Waals surface area (Å²) in [6.07, 6.45) is 0. The van der Waals surface area contributed by atoms with Crippen LogP contribution in [0.4, 0.5) is 0 Å². The monoisotopic (exact) mass is 349 g/mol. The number of benzene rings is 1. The van der Waals surface area contributed by atoms with Crippen molar-refractivity contribution in [2.75, 3.05) is 6.54 Å². The first-order chi connectivity index (χ1) is 11.0. The van der Waals surface area contributed by atoms with Crippen LogP contribution in [0.25, 0.3) is 0 Å². The van der Waals surface area contributed by atoms with Crippen molar-refractivity contribution < 1.29 is 8.42 Å². The Morgan fingerprint density at radius 3 is 2.08 bits per heavy atom. The molecule has 0 saturated carbocycles. The molecule has 24 heavy (non-hydrogen) atoms. The molecule has 0 radical (unpaired) electrons. The number of nitrogens with one attached hydrogen (secondary N) is 1. The minimum Gasteiger partial charge on any atom is -0.265 e. The first kappa shape index (κ1) is 18.7. The Bertz CT molecular complexity index is 844. The number of hydrogen-bond acceptors (Lipinski definition) is 3. The maximum Gasteiger partial charge on any atom is 0.241 e. The summed E-state index contributed by atoms with van der Waals surface area (Å²) in [6.45, 7) is 13.9. The molecule has 1 atom stereocenters. The third-order valence-corrected chi connectivity index (χ3v) is 6.27. The van der Waals surface area contributed by atoms with E-state index in [1.54, 1.807) is 0 Å². The molecule has 2 aromatic rings. The van der Waals surface area contributed by atoms with Crippen LogP contribution in [0.3, 0.4) is 0 Å². The molecule has 132 valence electrons. The van der Waals surface area contributed by atoms with Gasteiger partial charge >= 0.3 is 0 Å². The van der Waals surface area contributed by atoms with Gasteiger partial charge in [-0.05, 0) is 65.2 Å². The number of sulfonamides is 1. The maximum atomic E-state index is 12.7. The van der Waals surface area contributed by atoms with E-state index in [1.165, 1.54) is 0 Å². The van der Waals surface area contributed by atoms with Crippen LogP contribution in [-0.4, -0.2) is 24.7 Å². The number of nitrogens with zero attached hydrogens (tertiary/aromatic N) is 2. The highest BCUT2D eigenvalue weighted by atomic mass is 32.2. The van der Waals surface area contributed by atoms with Gasteiger partial charge in [-0.3, -0.25) is 4.68 Å². The van der Waals surface area contributed by atoms with Crippen molar-refractivity contribution in [1.29, 1.82) is 0 Å². The molecule has 5 nitrogen and oxygen atoms in total. The standard InChI is InChI=1S/C18H27N3O2S/c1-11-8-12(2)18(13(3)9-11)24(22,23)19-10-14(4)21-17(7)15(5)16(6)20-21/h8-9,14,19H,10H2,1-7H3/t14-/m0/s1. The van der Waals surface area contributed by atoms with E-state index >= 15 is 0 Å². The van der Waals surface area contributed by atoms with Crippen LogP contribution in [0.15, 0.2) is 17.0 Å². The molecule has 0 unspecified atom stereocenters. The van der Waals surface area contributed by atoms with Gasteiger partial charge in [0.1, 0.15) is 0 Å². The number of aromatic nitrogens is 2. The van der Waals surface area contributed by atoms with Gasteiger partial charge < -0.3 is 0 Å². The molecule has 1 N–H and O–H groups in total. The molecule has 1 aromatic carbocycles. The summed E-state index contributed by atoms with van der Waals surface area (Å²) >= 11 is 0. The minimum absolute atomic E-state index is 0.0572. The van der Waals surface area contributed by atoms with E-state index in [4.69, 9.17) is 0 Å². The van der Waals surface area contributed by atoms with Gasteiger partial charge in [0.25, 0.3) is 0 Å². The van der Waals surface area contributed by atoms with Crippen molar-refractivity contribution in [2.45, 2.75) is 59.4 Å². The third-order valence-electron chi connectivity index (χ3n) is 4.55. The predicted molar refractivity (Wildman–Crippen MR) is 97.0 cm³/mol. The smallest absolute Gasteiger partial charge is 0.241 e. The Balaban J connectivity index is 2.23. The van der Waals surface area contributed by atoms with Crippen LogP contribution in [-0.2, 0) is 10.0 Å². The summed E-state index contributed by atoms with van der Waals surface area (Å²) < 4.78 is 30.1. The van der Waals surface area contributed by atoms with Crippen LogP contribution >= 0.6 is 0 Å². The third kappa shape index (κ3) is 3.54. The largest absolute Gasteiger partial charge is 0.265 e. The predicted octanol–water partition coefficient (Wildman–Crippen LogP) is 3.27. The Kier molecular flexibility index (Phi) is 5.20. The molecular formula is C18H27N3O2S. The van der Waals surface area contributed by atoms with Crippen molar-refractivity contribution >= 4 is 10.0 Å². The lowest BCUT2D eigenvalue weighted by Crippen LogP contribution is -2.31. The van der Waals surface area contributed by atoms with Gasteiger partial charge in [-0.25, -0.2) is 13.1 Å². The molecule has 1 aromatic heterocycles. The second-order valence-corrected chi connectivity index (χ2v) is 8.37. The zero-order chi connectivity index (χ0) is 18.2. The van der Waals surface area contributed by atoms with Crippen molar-refractivity contribution in [1.82, 2.24) is 14.5 Å². The highest BCUT2D eigenvalue weighted by Crippen LogP contribution is 2.22. The molecule has 0 saturated heterocycles. The molecule has 6 heteroatoms. The lowest BCUT2D eigenvalue weighted by molar-refractivity contribution is 0.467. The topological polar surface area (TPSA) is 64.0 Å². The summed E-state index contributed by atoms with van der Waals surface area (Å²) in [5.74, 6) is 0. The first-order valence-corrected chi connectivity index (χ1v) is 9.62. The van der Waals surface area contributed by atoms with Gasteiger partial charge in [0.15, 0.2) is 0 Å². The van der Waals surface area contributed by atoms with E-state index in [1.807, 2.05) is 65.3 Å². The van der Waals surface area contributed by atoms with Gasteiger partial charge in [0.2, 0.25) is 10.0 Å². The summed E-state index contributed by atoms with van der Waals surface area (Å²) in [5, 5.41) is 4.51. The van der Waals surface area contributed by atoms with Crippen molar-refractivity contribution in [2.24, 2.45) is 0 Å². The van der Waals surface area contributed by atoms with Gasteiger partial charge in [0.05, 0.1) is 16.6 Å². The quantitative estimate of drug-likeness (QED) is 0.901. The van der Waals surface area contributed by atoms with E-state index in [-0.39, 0.29) is 6.04 Å². The second-order valence-electron chi connectivity index (χ2n) is 6.67. The Hall–Kier alpha value is -1.66. The van der Waals surface area contributed by atoms with Crippen LogP contribution in [0.1, 0.15) is 46.6 Å². The highest BCUT2D eigenvalue weighted by molar-refractivity contribution is 7.89. The summed E-state index contributed by atoms with van der Waals surface area (Å²) in [6, 6.07) is 3.74. The molecule has 0 spiro atoms. The van der Waals surface area contributed by atoms with Crippen molar-refractivity contribution in [3.8, 4) is 0 Å². The molecule has 1 heterocycles. The lowest BCUT2D eigenvalue weighted by atomic mass is 10.1. The normalized spacial score (nSPS) is 13.3. The molecule has 0 amide bonds. The van der Waals surface area contributed by atoms with Gasteiger partial charge in [-0.15, -0.1) is 0 Å². The number of hydrogen-bond donors (Lipinski definition) is 1. The van der Waals surface area contributed by atoms with E-state index in [2.05, 4.69) is 9.82 Å². The minimum atomic E-state index is -3.55. The summed E-state index contributed by atoms with van der Waals surface area (Å²) in [4.78, 5) is 0.379. The van der Waals surface area contributed by atoms with E-state index in [0.29, 0.717) is 11.4 Å². The molecule has 0 aliphatic carbocycles. The zero-order valence-corrected chi connectivity index (χ0v) is 16.4. The summed E-state index contributed by atoms with van der Waals surface area (Å²) in [5.41, 5.74) is 5.81. The summed E-state index contributed by atoms with van der Waals surface area (Å²) in [7, 11) is -3.55. The van der Waals surface area contributed by atoms with Crippen molar-refractivity contribution in [3.63, 3.8) is 0 Å². The van der Waals surface area contributed by atoms with Crippen LogP contribution in [0, 0.1) is 41.5 Å². The van der Waals surface area contributed by atoms with Gasteiger partial charge in [0, 0.05) is 12.2 Å². The van der Waals surface area contributed by atoms with Crippen molar-refractivity contribution in [3.05, 3.63) is 45.8 Å². The zero-order valence-electron chi connectivity index (χ0n) is 15.6. The molecule has 2 rings (SSSR count). The van der Waals surface area contributed by atoms with Crippen LogP contribution in [0.2, 0.25) is 0 Å². The van der Waals surface area contributed by atoms with Crippen LogP contribution < -0.4 is 4.72 Å². The SMILES string of the molecule is Cc1cc(C)c(S(=O)(=O)NC[C@H](C)n2nc(C)c(C)c2C)c(C)c1. The van der Waals surface area contributed by atoms with Gasteiger partial charge in [-0.2, -0.15) is 5.10 Å². The fraction of sp³-hybridized carbons (Fsp3) is 0.500. The van der Waals surface area contributed by atoms with Crippen LogP contribution in [0.5, 0.6) is 0 Å². The van der Waals surface area contributed by atoms with E-state index in [0.717, 1.165) is 33.6 Å². The number of aryl methyl sites for hydroxylation is 4. The fourth-order valence-corrected chi connectivity index (χ4v) is 4.72. The van der Waals surface area contributed by atoms with E-state index in [9.17, 15) is 8.42 Å². The Labute approximate surface area is 145 Å². The fourth-order valence-electron chi connectivity index (χ4n) is 3.15. The van der Waals surface area contributed by atoms with Gasteiger partial charge in [-0.1, -0.05) is 17.7 Å². The molecule has 0 bridgehead atoms. The Morgan fingerprint density at radius 2 is 1.62 bits per heavy atom. The van der Waals surface area contributed by atoms with E-state index < -0.39 is 10.0 Å². The molecule has 0 aliphatic heterocycles.